The predicted octanol–water partition coefficient (Wildman–Crippen LogP) is 1.35. The van der Waals surface area contributed by atoms with Crippen LogP contribution in [0, 0.1) is 0 Å². The van der Waals surface area contributed by atoms with Gasteiger partial charge < -0.3 is 4.74 Å². The number of ketones is 1. The Hall–Kier alpha value is -1.89. The molecule has 19 heavy (non-hydrogen) atoms. The summed E-state index contributed by atoms with van der Waals surface area (Å²) >= 11 is 0. The molecule has 1 aromatic carbocycles. The summed E-state index contributed by atoms with van der Waals surface area (Å²) in [6, 6.07) is 6.48. The fourth-order valence-electron chi connectivity index (χ4n) is 1.22. The normalized spacial score (nSPS) is 12.1. The van der Waals surface area contributed by atoms with Gasteiger partial charge in [-0.3, -0.25) is 9.08 Å². The van der Waals surface area contributed by atoms with Crippen molar-refractivity contribution in [1.29, 1.82) is 0 Å². The maximum atomic E-state index is 11.5. The lowest BCUT2D eigenvalue weighted by molar-refractivity contribution is -0.111. The van der Waals surface area contributed by atoms with E-state index in [1.54, 1.807) is 24.3 Å². The number of oxime groups is 1. The van der Waals surface area contributed by atoms with E-state index in [0.717, 1.165) is 0 Å². The molecule has 7 heteroatoms. The van der Waals surface area contributed by atoms with Gasteiger partial charge in [0.15, 0.2) is 11.5 Å². The highest BCUT2D eigenvalue weighted by Crippen LogP contribution is 2.13. The number of rotatable bonds is 6. The molecule has 0 atom stereocenters. The highest BCUT2D eigenvalue weighted by molar-refractivity contribution is 7.86. The molecule has 0 aliphatic rings. The second kappa shape index (κ2) is 6.33. The number of methoxy groups -OCH3 is 1. The van der Waals surface area contributed by atoms with Gasteiger partial charge in [-0.25, -0.2) is 0 Å². The summed E-state index contributed by atoms with van der Waals surface area (Å²) in [6.07, 6.45) is 0. The van der Waals surface area contributed by atoms with Crippen molar-refractivity contribution in [3.63, 3.8) is 0 Å². The molecule has 0 saturated carbocycles. The molecule has 0 amide bonds. The molecule has 6 nitrogen and oxygen atoms in total. The summed E-state index contributed by atoms with van der Waals surface area (Å²) in [6.45, 7) is 2.71. The molecule has 1 rings (SSSR count). The van der Waals surface area contributed by atoms with Crippen molar-refractivity contribution < 1.29 is 22.2 Å². The van der Waals surface area contributed by atoms with E-state index in [-0.39, 0.29) is 11.5 Å². The minimum absolute atomic E-state index is 0.0559. The maximum Gasteiger partial charge on any atom is 0.328 e. The van der Waals surface area contributed by atoms with Crippen molar-refractivity contribution in [1.82, 2.24) is 0 Å². The van der Waals surface area contributed by atoms with Crippen LogP contribution >= 0.6 is 0 Å². The lowest BCUT2D eigenvalue weighted by Gasteiger charge is -2.04. The van der Waals surface area contributed by atoms with Crippen LogP contribution in [0.25, 0.3) is 0 Å². The zero-order valence-electron chi connectivity index (χ0n) is 10.9. The van der Waals surface area contributed by atoms with Gasteiger partial charge in [-0.05, 0) is 31.2 Å². The molecule has 0 bridgehead atoms. The molecule has 0 saturated heterocycles. The summed E-state index contributed by atoms with van der Waals surface area (Å²) < 4.78 is 31.8. The van der Waals surface area contributed by atoms with Crippen molar-refractivity contribution in [3.8, 4) is 5.75 Å². The third kappa shape index (κ3) is 4.36. The standard InChI is InChI=1S/C12H15NO5S/c1-4-19(15,16)18-13-12(9(2)14)10-5-7-11(17-3)8-6-10/h5-8H,4H2,1-3H3/b13-12-. The van der Waals surface area contributed by atoms with Crippen molar-refractivity contribution in [2.75, 3.05) is 12.9 Å². The van der Waals surface area contributed by atoms with Crippen LogP contribution in [0.15, 0.2) is 29.4 Å². The van der Waals surface area contributed by atoms with Gasteiger partial charge in [-0.15, -0.1) is 0 Å². The number of nitrogens with zero attached hydrogens (tertiary/aromatic N) is 1. The van der Waals surface area contributed by atoms with Gasteiger partial charge in [0.25, 0.3) is 0 Å². The number of Topliss-reactive ketones (excluding diaryl/α,β-unsaturated/α-hetero) is 1. The Bertz CT molecular complexity index is 575. The monoisotopic (exact) mass is 285 g/mol. The lowest BCUT2D eigenvalue weighted by Crippen LogP contribution is -2.14. The van der Waals surface area contributed by atoms with E-state index in [4.69, 9.17) is 4.74 Å². The topological polar surface area (TPSA) is 82.0 Å². The third-order valence-corrected chi connectivity index (χ3v) is 3.30. The number of benzene rings is 1. The van der Waals surface area contributed by atoms with Gasteiger partial charge in [0, 0.05) is 12.5 Å². The Labute approximate surface area is 112 Å². The third-order valence-electron chi connectivity index (χ3n) is 2.29. The summed E-state index contributed by atoms with van der Waals surface area (Å²) in [5, 5.41) is 3.43. The van der Waals surface area contributed by atoms with Crippen molar-refractivity contribution in [3.05, 3.63) is 29.8 Å². The van der Waals surface area contributed by atoms with Crippen LogP contribution in [-0.2, 0) is 19.2 Å². The number of ether oxygens (including phenoxy) is 1. The van der Waals surface area contributed by atoms with E-state index < -0.39 is 15.9 Å². The first kappa shape index (κ1) is 15.2. The van der Waals surface area contributed by atoms with Gasteiger partial charge in [-0.1, -0.05) is 5.16 Å². The summed E-state index contributed by atoms with van der Waals surface area (Å²) in [4.78, 5) is 11.5. The maximum absolute atomic E-state index is 11.5. The molecule has 0 N–H and O–H groups in total. The molecule has 104 valence electrons. The zero-order valence-corrected chi connectivity index (χ0v) is 11.7. The largest absolute Gasteiger partial charge is 0.497 e. The first-order chi connectivity index (χ1) is 8.89. The van der Waals surface area contributed by atoms with Gasteiger partial charge in [0.2, 0.25) is 0 Å². The molecule has 1 aromatic rings. The van der Waals surface area contributed by atoms with E-state index in [1.807, 2.05) is 0 Å². The van der Waals surface area contributed by atoms with Crippen LogP contribution in [0.1, 0.15) is 19.4 Å². The first-order valence-corrected chi connectivity index (χ1v) is 7.12. The smallest absolute Gasteiger partial charge is 0.328 e. The Balaban J connectivity index is 3.06. The minimum Gasteiger partial charge on any atom is -0.497 e. The highest BCUT2D eigenvalue weighted by atomic mass is 32.2. The molecule has 0 fully saturated rings. The lowest BCUT2D eigenvalue weighted by atomic mass is 10.1. The van der Waals surface area contributed by atoms with E-state index in [0.29, 0.717) is 11.3 Å². The quantitative estimate of drug-likeness (QED) is 0.582. The van der Waals surface area contributed by atoms with Crippen molar-refractivity contribution in [2.45, 2.75) is 13.8 Å². The average Bonchev–Trinajstić information content (AvgIpc) is 2.39. The highest BCUT2D eigenvalue weighted by Gasteiger charge is 2.13. The summed E-state index contributed by atoms with van der Waals surface area (Å²) in [5.41, 5.74) is 0.402. The van der Waals surface area contributed by atoms with Gasteiger partial charge in [-0.2, -0.15) is 8.42 Å². The SMILES string of the molecule is CCS(=O)(=O)O/N=C(/C(C)=O)c1ccc(OC)cc1. The second-order valence-corrected chi connectivity index (χ2v) is 5.49. The number of hydrogen-bond donors (Lipinski definition) is 0. The number of carbonyl (C=O) groups excluding carboxylic acids is 1. The van der Waals surface area contributed by atoms with E-state index in [2.05, 4.69) is 9.44 Å². The van der Waals surface area contributed by atoms with Crippen molar-refractivity contribution >= 4 is 21.6 Å². The van der Waals surface area contributed by atoms with Crippen LogP contribution in [0.3, 0.4) is 0 Å². The van der Waals surface area contributed by atoms with Crippen LogP contribution in [0.2, 0.25) is 0 Å². The fraction of sp³-hybridized carbons (Fsp3) is 0.333. The summed E-state index contributed by atoms with van der Waals surface area (Å²) in [7, 11) is -2.21. The number of carbonyl (C=O) groups is 1. The van der Waals surface area contributed by atoms with E-state index in [1.165, 1.54) is 21.0 Å². The molecule has 0 heterocycles. The van der Waals surface area contributed by atoms with Gasteiger partial charge in [0.1, 0.15) is 5.75 Å². The number of hydrogen-bond acceptors (Lipinski definition) is 6. The predicted molar refractivity (Wildman–Crippen MR) is 70.8 cm³/mol. The molecular formula is C12H15NO5S. The van der Waals surface area contributed by atoms with Crippen LogP contribution in [0.4, 0.5) is 0 Å². The fourth-order valence-corrected chi connectivity index (χ4v) is 1.51. The molecular weight excluding hydrogens is 270 g/mol. The molecule has 0 aliphatic carbocycles. The summed E-state index contributed by atoms with van der Waals surface area (Å²) in [5.74, 6) is 0.00910. The first-order valence-electron chi connectivity index (χ1n) is 5.54. The second-order valence-electron chi connectivity index (χ2n) is 3.65. The molecule has 0 aromatic heterocycles. The van der Waals surface area contributed by atoms with Gasteiger partial charge in [0.05, 0.1) is 12.9 Å². The van der Waals surface area contributed by atoms with Crippen molar-refractivity contribution in [2.24, 2.45) is 5.16 Å². The molecule has 0 unspecified atom stereocenters. The Morgan fingerprint density at radius 1 is 1.26 bits per heavy atom. The Morgan fingerprint density at radius 2 is 1.84 bits per heavy atom. The van der Waals surface area contributed by atoms with Crippen LogP contribution in [0.5, 0.6) is 5.75 Å². The Morgan fingerprint density at radius 3 is 2.26 bits per heavy atom. The minimum atomic E-state index is -3.73. The van der Waals surface area contributed by atoms with Crippen LogP contribution in [-0.4, -0.2) is 32.8 Å². The molecule has 0 spiro atoms. The molecule has 0 radical (unpaired) electrons. The van der Waals surface area contributed by atoms with Gasteiger partial charge >= 0.3 is 10.1 Å². The Kier molecular flexibility index (Phi) is 5.05. The molecule has 0 aliphatic heterocycles. The average molecular weight is 285 g/mol. The van der Waals surface area contributed by atoms with E-state index >= 15 is 0 Å². The van der Waals surface area contributed by atoms with Crippen LogP contribution < -0.4 is 4.74 Å². The van der Waals surface area contributed by atoms with E-state index in [9.17, 15) is 13.2 Å². The zero-order chi connectivity index (χ0) is 14.5.